The number of ether oxygens (including phenoxy) is 1. The molecule has 1 aliphatic rings. The Labute approximate surface area is 146 Å². The maximum absolute atomic E-state index is 5.91. The highest BCUT2D eigenvalue weighted by molar-refractivity contribution is 5.87. The molecule has 24 heavy (non-hydrogen) atoms. The Hall–Kier alpha value is -1.76. The lowest BCUT2D eigenvalue weighted by atomic mass is 9.87. The molecule has 0 spiro atoms. The van der Waals surface area contributed by atoms with Crippen molar-refractivity contribution in [3.8, 4) is 5.75 Å². The lowest BCUT2D eigenvalue weighted by molar-refractivity contribution is 0.305. The van der Waals surface area contributed by atoms with E-state index in [2.05, 4.69) is 56.3 Å². The van der Waals surface area contributed by atoms with E-state index in [9.17, 15) is 0 Å². The molecule has 0 heterocycles. The van der Waals surface area contributed by atoms with Gasteiger partial charge in [-0.15, -0.1) is 0 Å². The van der Waals surface area contributed by atoms with Crippen molar-refractivity contribution in [2.24, 2.45) is 5.92 Å². The van der Waals surface area contributed by atoms with Gasteiger partial charge in [0.1, 0.15) is 5.75 Å². The van der Waals surface area contributed by atoms with E-state index < -0.39 is 0 Å². The van der Waals surface area contributed by atoms with Crippen molar-refractivity contribution in [3.05, 3.63) is 48.0 Å². The molecule has 0 bridgehead atoms. The molecule has 0 aromatic heterocycles. The Bertz CT molecular complexity index is 698. The number of fused-ring (bicyclic) bond motifs is 1. The van der Waals surface area contributed by atoms with Crippen LogP contribution in [0.1, 0.15) is 64.4 Å². The molecule has 0 fully saturated rings. The van der Waals surface area contributed by atoms with Gasteiger partial charge < -0.3 is 4.74 Å². The predicted molar refractivity (Wildman–Crippen MR) is 105 cm³/mol. The average Bonchev–Trinajstić information content (AvgIpc) is 2.62. The molecule has 1 atom stereocenters. The normalized spacial score (nSPS) is 17.8. The van der Waals surface area contributed by atoms with Crippen molar-refractivity contribution >= 4 is 16.3 Å². The monoisotopic (exact) mass is 322 g/mol. The van der Waals surface area contributed by atoms with Gasteiger partial charge in [0.05, 0.1) is 6.61 Å². The van der Waals surface area contributed by atoms with Crippen LogP contribution >= 0.6 is 0 Å². The molecule has 3 rings (SSSR count). The van der Waals surface area contributed by atoms with Crippen LogP contribution in [0.5, 0.6) is 5.75 Å². The summed E-state index contributed by atoms with van der Waals surface area (Å²) < 4.78 is 5.91. The molecule has 0 saturated carbocycles. The Morgan fingerprint density at radius 1 is 1.00 bits per heavy atom. The Morgan fingerprint density at radius 2 is 1.83 bits per heavy atom. The molecule has 1 aliphatic carbocycles. The van der Waals surface area contributed by atoms with Gasteiger partial charge in [0.15, 0.2) is 0 Å². The third-order valence-electron chi connectivity index (χ3n) is 5.12. The van der Waals surface area contributed by atoms with Gasteiger partial charge in [-0.2, -0.15) is 0 Å². The van der Waals surface area contributed by atoms with Crippen molar-refractivity contribution < 1.29 is 4.74 Å². The maximum atomic E-state index is 5.91. The van der Waals surface area contributed by atoms with Crippen LogP contribution in [-0.4, -0.2) is 6.61 Å². The summed E-state index contributed by atoms with van der Waals surface area (Å²) in [7, 11) is 0. The van der Waals surface area contributed by atoms with E-state index >= 15 is 0 Å². The summed E-state index contributed by atoms with van der Waals surface area (Å²) in [6.07, 6.45) is 11.2. The van der Waals surface area contributed by atoms with Crippen molar-refractivity contribution in [3.63, 3.8) is 0 Å². The van der Waals surface area contributed by atoms with Crippen molar-refractivity contribution in [1.82, 2.24) is 0 Å². The van der Waals surface area contributed by atoms with Crippen LogP contribution in [0.4, 0.5) is 0 Å². The summed E-state index contributed by atoms with van der Waals surface area (Å²) in [5.74, 6) is 1.84. The fourth-order valence-electron chi connectivity index (χ4n) is 3.46. The minimum Gasteiger partial charge on any atom is -0.494 e. The minimum atomic E-state index is 0.828. The molecule has 128 valence electrons. The highest BCUT2D eigenvalue weighted by Gasteiger charge is 2.11. The quantitative estimate of drug-likeness (QED) is 0.498. The van der Waals surface area contributed by atoms with E-state index in [-0.39, 0.29) is 0 Å². The Morgan fingerprint density at radius 3 is 2.62 bits per heavy atom. The Balaban J connectivity index is 1.67. The second kappa shape index (κ2) is 8.37. The van der Waals surface area contributed by atoms with Crippen LogP contribution in [0, 0.1) is 5.92 Å². The van der Waals surface area contributed by atoms with Crippen molar-refractivity contribution in [2.45, 2.75) is 58.8 Å². The van der Waals surface area contributed by atoms with E-state index in [0.717, 1.165) is 24.7 Å². The fourth-order valence-corrected chi connectivity index (χ4v) is 3.46. The van der Waals surface area contributed by atoms with Gasteiger partial charge in [0, 0.05) is 0 Å². The molecule has 0 radical (unpaired) electrons. The first kappa shape index (κ1) is 17.1. The third kappa shape index (κ3) is 4.41. The number of allylic oxidation sites excluding steroid dienone is 2. The van der Waals surface area contributed by atoms with E-state index in [1.807, 2.05) is 0 Å². The van der Waals surface area contributed by atoms with Crippen LogP contribution in [0.2, 0.25) is 0 Å². The van der Waals surface area contributed by atoms with Gasteiger partial charge in [-0.1, -0.05) is 57.4 Å². The summed E-state index contributed by atoms with van der Waals surface area (Å²) >= 11 is 0. The van der Waals surface area contributed by atoms with Gasteiger partial charge in [-0.25, -0.2) is 0 Å². The molecule has 0 N–H and O–H groups in total. The largest absolute Gasteiger partial charge is 0.494 e. The van der Waals surface area contributed by atoms with Gasteiger partial charge in [0.25, 0.3) is 0 Å². The van der Waals surface area contributed by atoms with Crippen LogP contribution < -0.4 is 4.74 Å². The zero-order chi connectivity index (χ0) is 16.8. The fraction of sp³-hybridized carbons (Fsp3) is 0.478. The van der Waals surface area contributed by atoms with Crippen LogP contribution in [0.15, 0.2) is 42.5 Å². The predicted octanol–water partition coefficient (Wildman–Crippen LogP) is 7.00. The van der Waals surface area contributed by atoms with Crippen molar-refractivity contribution in [1.29, 1.82) is 0 Å². The molecular weight excluding hydrogens is 292 g/mol. The smallest absolute Gasteiger partial charge is 0.119 e. The SMILES string of the molecule is CCCCCCOc1ccc2cc(C3=CCC(C)CC3)ccc2c1. The second-order valence-corrected chi connectivity index (χ2v) is 7.24. The maximum Gasteiger partial charge on any atom is 0.119 e. The first-order valence-corrected chi connectivity index (χ1v) is 9.62. The van der Waals surface area contributed by atoms with E-state index in [1.54, 1.807) is 0 Å². The first-order chi connectivity index (χ1) is 11.8. The second-order valence-electron chi connectivity index (χ2n) is 7.24. The standard InChI is InChI=1S/C23H30O/c1-3-4-5-6-15-24-23-14-13-21-16-20(11-12-22(21)17-23)19-9-7-18(2)8-10-19/h9,11-14,16-18H,3-8,10,15H2,1-2H3. The number of rotatable bonds is 7. The molecule has 1 nitrogen and oxygen atoms in total. The highest BCUT2D eigenvalue weighted by atomic mass is 16.5. The number of benzene rings is 2. The number of hydrogen-bond acceptors (Lipinski definition) is 1. The molecule has 2 aromatic carbocycles. The van der Waals surface area contributed by atoms with Gasteiger partial charge >= 0.3 is 0 Å². The molecular formula is C23H30O. The summed E-state index contributed by atoms with van der Waals surface area (Å²) in [5.41, 5.74) is 2.91. The van der Waals surface area contributed by atoms with Crippen LogP contribution in [-0.2, 0) is 0 Å². The number of hydrogen-bond donors (Lipinski definition) is 0. The zero-order valence-corrected chi connectivity index (χ0v) is 15.2. The molecule has 0 amide bonds. The molecule has 1 heteroatoms. The van der Waals surface area contributed by atoms with E-state index in [0.29, 0.717) is 0 Å². The van der Waals surface area contributed by atoms with E-state index in [1.165, 1.54) is 60.4 Å². The molecule has 2 aromatic rings. The summed E-state index contributed by atoms with van der Waals surface area (Å²) in [4.78, 5) is 0. The molecule has 0 aliphatic heterocycles. The summed E-state index contributed by atoms with van der Waals surface area (Å²) in [6.45, 7) is 5.41. The van der Waals surface area contributed by atoms with Crippen LogP contribution in [0.25, 0.3) is 16.3 Å². The highest BCUT2D eigenvalue weighted by Crippen LogP contribution is 2.32. The van der Waals surface area contributed by atoms with Gasteiger partial charge in [0.2, 0.25) is 0 Å². The lowest BCUT2D eigenvalue weighted by Gasteiger charge is -2.18. The van der Waals surface area contributed by atoms with Crippen LogP contribution in [0.3, 0.4) is 0 Å². The molecule has 0 saturated heterocycles. The van der Waals surface area contributed by atoms with Gasteiger partial charge in [-0.3, -0.25) is 0 Å². The summed E-state index contributed by atoms with van der Waals surface area (Å²) in [6, 6.07) is 13.3. The first-order valence-electron chi connectivity index (χ1n) is 9.62. The lowest BCUT2D eigenvalue weighted by Crippen LogP contribution is -2.01. The topological polar surface area (TPSA) is 9.23 Å². The zero-order valence-electron chi connectivity index (χ0n) is 15.2. The third-order valence-corrected chi connectivity index (χ3v) is 5.12. The Kier molecular flexibility index (Phi) is 5.96. The molecule has 1 unspecified atom stereocenters. The summed E-state index contributed by atoms with van der Waals surface area (Å²) in [5, 5.41) is 2.58. The average molecular weight is 322 g/mol. The number of unbranched alkanes of at least 4 members (excludes halogenated alkanes) is 3. The van der Waals surface area contributed by atoms with E-state index in [4.69, 9.17) is 4.74 Å². The van der Waals surface area contributed by atoms with Gasteiger partial charge in [-0.05, 0) is 71.7 Å². The van der Waals surface area contributed by atoms with Crippen molar-refractivity contribution in [2.75, 3.05) is 6.61 Å². The minimum absolute atomic E-state index is 0.828.